The van der Waals surface area contributed by atoms with Crippen molar-refractivity contribution in [1.82, 2.24) is 9.59 Å². The van der Waals surface area contributed by atoms with Crippen LogP contribution in [0.25, 0.3) is 11.3 Å². The maximum absolute atomic E-state index is 12.5. The molecule has 8 heteroatoms. The molecule has 0 unspecified atom stereocenters. The van der Waals surface area contributed by atoms with Crippen molar-refractivity contribution in [2.24, 2.45) is 0 Å². The van der Waals surface area contributed by atoms with E-state index in [1.54, 1.807) is 42.5 Å². The fourth-order valence-electron chi connectivity index (χ4n) is 1.92. The molecule has 4 nitrogen and oxygen atoms in total. The zero-order valence-corrected chi connectivity index (χ0v) is 14.5. The highest BCUT2D eigenvalue weighted by Crippen LogP contribution is 2.31. The first-order valence-electron chi connectivity index (χ1n) is 6.40. The third kappa shape index (κ3) is 3.48. The number of carbonyl (C=O) groups is 1. The SMILES string of the molecule is O=C(Nc1cccc(Cl)c1Cl)c1snnc1-c1ccc(Cl)cc1. The van der Waals surface area contributed by atoms with Crippen molar-refractivity contribution < 1.29 is 4.79 Å². The monoisotopic (exact) mass is 383 g/mol. The minimum absolute atomic E-state index is 0.285. The molecule has 0 fully saturated rings. The van der Waals surface area contributed by atoms with Gasteiger partial charge in [0, 0.05) is 10.6 Å². The molecule has 116 valence electrons. The molecule has 0 spiro atoms. The number of carbonyl (C=O) groups excluding carboxylic acids is 1. The lowest BCUT2D eigenvalue weighted by Crippen LogP contribution is -2.11. The Kier molecular flexibility index (Phi) is 4.82. The summed E-state index contributed by atoms with van der Waals surface area (Å²) in [6, 6.07) is 12.0. The lowest BCUT2D eigenvalue weighted by atomic mass is 10.1. The summed E-state index contributed by atoms with van der Waals surface area (Å²) in [6.07, 6.45) is 0. The second kappa shape index (κ2) is 6.84. The van der Waals surface area contributed by atoms with Gasteiger partial charge in [0.1, 0.15) is 10.6 Å². The van der Waals surface area contributed by atoms with E-state index >= 15 is 0 Å². The third-order valence-corrected chi connectivity index (χ3v) is 4.81. The minimum atomic E-state index is -0.353. The summed E-state index contributed by atoms with van der Waals surface area (Å²) in [5.74, 6) is -0.353. The van der Waals surface area contributed by atoms with Gasteiger partial charge < -0.3 is 5.32 Å². The predicted molar refractivity (Wildman–Crippen MR) is 94.8 cm³/mol. The van der Waals surface area contributed by atoms with Crippen molar-refractivity contribution in [2.45, 2.75) is 0 Å². The van der Waals surface area contributed by atoms with Gasteiger partial charge in [-0.25, -0.2) is 0 Å². The van der Waals surface area contributed by atoms with Crippen molar-refractivity contribution in [2.75, 3.05) is 5.32 Å². The summed E-state index contributed by atoms with van der Waals surface area (Å²) in [5, 5.41) is 8.00. The highest BCUT2D eigenvalue weighted by Gasteiger charge is 2.19. The van der Waals surface area contributed by atoms with Crippen LogP contribution in [0.4, 0.5) is 5.69 Å². The van der Waals surface area contributed by atoms with Gasteiger partial charge in [-0.15, -0.1) is 5.10 Å². The van der Waals surface area contributed by atoms with Gasteiger partial charge in [0.05, 0.1) is 15.7 Å². The predicted octanol–water partition coefficient (Wildman–Crippen LogP) is 5.42. The lowest BCUT2D eigenvalue weighted by Gasteiger charge is -2.07. The lowest BCUT2D eigenvalue weighted by molar-refractivity contribution is 0.103. The molecule has 3 aromatic rings. The van der Waals surface area contributed by atoms with Gasteiger partial charge >= 0.3 is 0 Å². The van der Waals surface area contributed by atoms with E-state index in [1.807, 2.05) is 0 Å². The first-order valence-corrected chi connectivity index (χ1v) is 8.30. The number of hydrogen-bond donors (Lipinski definition) is 1. The van der Waals surface area contributed by atoms with Crippen molar-refractivity contribution in [3.05, 3.63) is 62.4 Å². The van der Waals surface area contributed by atoms with Crippen LogP contribution < -0.4 is 5.32 Å². The average Bonchev–Trinajstić information content (AvgIpc) is 3.02. The van der Waals surface area contributed by atoms with Crippen molar-refractivity contribution in [3.8, 4) is 11.3 Å². The largest absolute Gasteiger partial charge is 0.320 e. The molecule has 0 radical (unpaired) electrons. The molecular weight excluding hydrogens is 377 g/mol. The fourth-order valence-corrected chi connectivity index (χ4v) is 2.97. The Labute approximate surface area is 151 Å². The second-order valence-electron chi connectivity index (χ2n) is 4.51. The Bertz CT molecular complexity index is 865. The molecule has 1 amide bonds. The Morgan fingerprint density at radius 1 is 1.04 bits per heavy atom. The molecular formula is C15H8Cl3N3OS. The number of hydrogen-bond acceptors (Lipinski definition) is 4. The average molecular weight is 385 g/mol. The Morgan fingerprint density at radius 2 is 1.78 bits per heavy atom. The van der Waals surface area contributed by atoms with Crippen LogP contribution in [-0.2, 0) is 0 Å². The van der Waals surface area contributed by atoms with Gasteiger partial charge in [-0.05, 0) is 35.8 Å². The van der Waals surface area contributed by atoms with E-state index in [2.05, 4.69) is 14.9 Å². The molecule has 0 aliphatic heterocycles. The molecule has 0 saturated heterocycles. The van der Waals surface area contributed by atoms with Crippen LogP contribution in [0.15, 0.2) is 42.5 Å². The molecule has 1 heterocycles. The molecule has 0 aliphatic carbocycles. The van der Waals surface area contributed by atoms with Crippen molar-refractivity contribution in [1.29, 1.82) is 0 Å². The second-order valence-corrected chi connectivity index (χ2v) is 6.49. The molecule has 3 rings (SSSR count). The van der Waals surface area contributed by atoms with Crippen LogP contribution in [0.1, 0.15) is 9.67 Å². The van der Waals surface area contributed by atoms with Crippen LogP contribution in [0.2, 0.25) is 15.1 Å². The Morgan fingerprint density at radius 3 is 2.52 bits per heavy atom. The molecule has 0 saturated carbocycles. The van der Waals surface area contributed by atoms with Crippen LogP contribution in [0.3, 0.4) is 0 Å². The van der Waals surface area contributed by atoms with E-state index in [-0.39, 0.29) is 10.9 Å². The summed E-state index contributed by atoms with van der Waals surface area (Å²) < 4.78 is 3.86. The van der Waals surface area contributed by atoms with E-state index in [9.17, 15) is 4.79 Å². The molecule has 0 atom stereocenters. The maximum Gasteiger partial charge on any atom is 0.269 e. The number of rotatable bonds is 3. The van der Waals surface area contributed by atoms with Crippen molar-refractivity contribution >= 4 is 57.9 Å². The number of nitrogens with zero attached hydrogens (tertiary/aromatic N) is 2. The van der Waals surface area contributed by atoms with E-state index in [1.165, 1.54) is 0 Å². The summed E-state index contributed by atoms with van der Waals surface area (Å²) in [6.45, 7) is 0. The van der Waals surface area contributed by atoms with Crippen LogP contribution in [0.5, 0.6) is 0 Å². The highest BCUT2D eigenvalue weighted by atomic mass is 35.5. The molecule has 23 heavy (non-hydrogen) atoms. The molecule has 2 aromatic carbocycles. The number of halogens is 3. The zero-order valence-electron chi connectivity index (χ0n) is 11.4. The molecule has 0 aliphatic rings. The van der Waals surface area contributed by atoms with Gasteiger partial charge in [-0.1, -0.05) is 57.5 Å². The number of anilines is 1. The molecule has 1 aromatic heterocycles. The topological polar surface area (TPSA) is 54.9 Å². The van der Waals surface area contributed by atoms with Gasteiger partial charge in [-0.3, -0.25) is 4.79 Å². The third-order valence-electron chi connectivity index (χ3n) is 3.01. The van der Waals surface area contributed by atoms with E-state index < -0.39 is 0 Å². The van der Waals surface area contributed by atoms with E-state index in [0.29, 0.717) is 26.3 Å². The van der Waals surface area contributed by atoms with E-state index in [4.69, 9.17) is 34.8 Å². The number of nitrogens with one attached hydrogen (secondary N) is 1. The molecule has 1 N–H and O–H groups in total. The first-order chi connectivity index (χ1) is 11.1. The van der Waals surface area contributed by atoms with Crippen LogP contribution in [-0.4, -0.2) is 15.5 Å². The first kappa shape index (κ1) is 16.2. The highest BCUT2D eigenvalue weighted by molar-refractivity contribution is 7.08. The number of amides is 1. The van der Waals surface area contributed by atoms with Gasteiger partial charge in [0.15, 0.2) is 0 Å². The fraction of sp³-hybridized carbons (Fsp3) is 0. The summed E-state index contributed by atoms with van der Waals surface area (Å²) >= 11 is 18.9. The summed E-state index contributed by atoms with van der Waals surface area (Å²) in [7, 11) is 0. The standard InChI is InChI=1S/C15H8Cl3N3OS/c16-9-6-4-8(5-7-9)13-14(23-21-20-13)15(22)19-11-3-1-2-10(17)12(11)18/h1-7H,(H,19,22). The smallest absolute Gasteiger partial charge is 0.269 e. The zero-order chi connectivity index (χ0) is 16.4. The maximum atomic E-state index is 12.5. The quantitative estimate of drug-likeness (QED) is 0.656. The summed E-state index contributed by atoms with van der Waals surface area (Å²) in [5.41, 5.74) is 1.67. The summed E-state index contributed by atoms with van der Waals surface area (Å²) in [4.78, 5) is 12.9. The molecule has 0 bridgehead atoms. The van der Waals surface area contributed by atoms with E-state index in [0.717, 1.165) is 17.1 Å². The van der Waals surface area contributed by atoms with Gasteiger partial charge in [0.2, 0.25) is 0 Å². The van der Waals surface area contributed by atoms with Crippen LogP contribution >= 0.6 is 46.3 Å². The normalized spacial score (nSPS) is 10.6. The van der Waals surface area contributed by atoms with Crippen molar-refractivity contribution in [3.63, 3.8) is 0 Å². The minimum Gasteiger partial charge on any atom is -0.320 e. The van der Waals surface area contributed by atoms with Gasteiger partial charge in [0.25, 0.3) is 5.91 Å². The Balaban J connectivity index is 1.91. The number of benzene rings is 2. The van der Waals surface area contributed by atoms with Crippen LogP contribution in [0, 0.1) is 0 Å². The van der Waals surface area contributed by atoms with Gasteiger partial charge in [-0.2, -0.15) is 0 Å². The number of aromatic nitrogens is 2. The Hall–Kier alpha value is -1.66.